The molecule has 0 unspecified atom stereocenters. The molecular formula is C13H13BrINS. The highest BCUT2D eigenvalue weighted by molar-refractivity contribution is 14.1. The smallest absolute Gasteiger partial charge is 0.0497 e. The molecule has 0 atom stereocenters. The highest BCUT2D eigenvalue weighted by Crippen LogP contribution is 2.26. The molecule has 1 aromatic heterocycles. The summed E-state index contributed by atoms with van der Waals surface area (Å²) < 4.78 is 2.36. The van der Waals surface area contributed by atoms with Gasteiger partial charge in [0.2, 0.25) is 0 Å². The molecule has 0 spiro atoms. The number of aryl methyl sites for hydroxylation is 2. The number of rotatable bonds is 3. The van der Waals surface area contributed by atoms with Gasteiger partial charge in [0.1, 0.15) is 0 Å². The zero-order valence-corrected chi connectivity index (χ0v) is 14.2. The molecule has 1 aromatic carbocycles. The molecule has 17 heavy (non-hydrogen) atoms. The van der Waals surface area contributed by atoms with E-state index in [-0.39, 0.29) is 0 Å². The Morgan fingerprint density at radius 2 is 2.06 bits per heavy atom. The van der Waals surface area contributed by atoms with Crippen molar-refractivity contribution in [2.24, 2.45) is 0 Å². The standard InChI is InChI=1S/C13H13BrINS/c1-8-5-10(9(2)17-8)7-16-13-6-11(15)3-4-12(13)14/h3-6,16H,7H2,1-2H3. The molecular weight excluding hydrogens is 409 g/mol. The van der Waals surface area contributed by atoms with E-state index in [0.29, 0.717) is 0 Å². The van der Waals surface area contributed by atoms with Crippen LogP contribution in [0.1, 0.15) is 15.3 Å². The number of hydrogen-bond acceptors (Lipinski definition) is 2. The second kappa shape index (κ2) is 5.71. The van der Waals surface area contributed by atoms with E-state index in [2.05, 4.69) is 82.0 Å². The average molecular weight is 422 g/mol. The topological polar surface area (TPSA) is 12.0 Å². The van der Waals surface area contributed by atoms with Crippen LogP contribution in [0.5, 0.6) is 0 Å². The van der Waals surface area contributed by atoms with Gasteiger partial charge in [-0.2, -0.15) is 0 Å². The average Bonchev–Trinajstić information content (AvgIpc) is 2.59. The van der Waals surface area contributed by atoms with Gasteiger partial charge in [-0.05, 0) is 82.2 Å². The van der Waals surface area contributed by atoms with Crippen LogP contribution < -0.4 is 5.32 Å². The Hall–Kier alpha value is -0.0700. The Balaban J connectivity index is 2.12. The van der Waals surface area contributed by atoms with E-state index in [1.165, 1.54) is 18.9 Å². The molecule has 2 aromatic rings. The van der Waals surface area contributed by atoms with E-state index in [9.17, 15) is 0 Å². The van der Waals surface area contributed by atoms with Crippen molar-refractivity contribution in [3.8, 4) is 0 Å². The SMILES string of the molecule is Cc1cc(CNc2cc(I)ccc2Br)c(C)s1. The molecule has 0 aliphatic carbocycles. The first-order chi connectivity index (χ1) is 8.06. The maximum absolute atomic E-state index is 3.56. The van der Waals surface area contributed by atoms with E-state index < -0.39 is 0 Å². The number of thiophene rings is 1. The maximum atomic E-state index is 3.56. The van der Waals surface area contributed by atoms with Gasteiger partial charge >= 0.3 is 0 Å². The number of hydrogen-bond donors (Lipinski definition) is 1. The normalized spacial score (nSPS) is 10.6. The van der Waals surface area contributed by atoms with Crippen molar-refractivity contribution in [2.45, 2.75) is 20.4 Å². The fourth-order valence-electron chi connectivity index (χ4n) is 1.68. The van der Waals surface area contributed by atoms with E-state index in [1.54, 1.807) is 0 Å². The molecule has 0 saturated carbocycles. The Bertz CT molecular complexity index is 536. The lowest BCUT2D eigenvalue weighted by Gasteiger charge is -2.08. The number of halogens is 2. The minimum atomic E-state index is 0.884. The third-order valence-electron chi connectivity index (χ3n) is 2.54. The quantitative estimate of drug-likeness (QED) is 0.659. The van der Waals surface area contributed by atoms with Gasteiger partial charge in [-0.3, -0.25) is 0 Å². The highest BCUT2D eigenvalue weighted by Gasteiger charge is 2.04. The largest absolute Gasteiger partial charge is 0.380 e. The molecule has 0 bridgehead atoms. The summed E-state index contributed by atoms with van der Waals surface area (Å²) in [5, 5.41) is 3.48. The van der Waals surface area contributed by atoms with Crippen molar-refractivity contribution in [1.29, 1.82) is 0 Å². The van der Waals surface area contributed by atoms with Crippen LogP contribution in [-0.4, -0.2) is 0 Å². The maximum Gasteiger partial charge on any atom is 0.0497 e. The molecule has 0 aliphatic rings. The molecule has 1 heterocycles. The lowest BCUT2D eigenvalue weighted by Crippen LogP contribution is -2.00. The van der Waals surface area contributed by atoms with Gasteiger partial charge in [0.15, 0.2) is 0 Å². The predicted molar refractivity (Wildman–Crippen MR) is 88.0 cm³/mol. The lowest BCUT2D eigenvalue weighted by atomic mass is 10.2. The van der Waals surface area contributed by atoms with Crippen LogP contribution in [0.4, 0.5) is 5.69 Å². The molecule has 90 valence electrons. The van der Waals surface area contributed by atoms with Crippen LogP contribution in [0.2, 0.25) is 0 Å². The summed E-state index contributed by atoms with van der Waals surface area (Å²) in [5.74, 6) is 0. The van der Waals surface area contributed by atoms with Crippen molar-refractivity contribution >= 4 is 55.5 Å². The summed E-state index contributed by atoms with van der Waals surface area (Å²) in [4.78, 5) is 2.78. The van der Waals surface area contributed by atoms with Crippen molar-refractivity contribution in [3.63, 3.8) is 0 Å². The van der Waals surface area contributed by atoms with Gasteiger partial charge in [0.25, 0.3) is 0 Å². The highest BCUT2D eigenvalue weighted by atomic mass is 127. The van der Waals surface area contributed by atoms with Gasteiger partial charge in [0.05, 0.1) is 0 Å². The minimum Gasteiger partial charge on any atom is -0.380 e. The number of nitrogens with one attached hydrogen (secondary N) is 1. The fraction of sp³-hybridized carbons (Fsp3) is 0.231. The molecule has 4 heteroatoms. The van der Waals surface area contributed by atoms with Crippen molar-refractivity contribution in [3.05, 3.63) is 47.6 Å². The van der Waals surface area contributed by atoms with Gasteiger partial charge in [-0.25, -0.2) is 0 Å². The van der Waals surface area contributed by atoms with E-state index in [1.807, 2.05) is 11.3 Å². The summed E-state index contributed by atoms with van der Waals surface area (Å²) in [6.07, 6.45) is 0. The first-order valence-corrected chi connectivity index (χ1v) is 8.00. The van der Waals surface area contributed by atoms with Crippen LogP contribution in [0.15, 0.2) is 28.7 Å². The van der Waals surface area contributed by atoms with Gasteiger partial charge in [-0.1, -0.05) is 0 Å². The molecule has 0 saturated heterocycles. The number of anilines is 1. The van der Waals surface area contributed by atoms with Gasteiger partial charge in [0, 0.05) is 30.0 Å². The number of benzene rings is 1. The van der Waals surface area contributed by atoms with E-state index >= 15 is 0 Å². The molecule has 1 N–H and O–H groups in total. The summed E-state index contributed by atoms with van der Waals surface area (Å²) in [6, 6.07) is 8.58. The van der Waals surface area contributed by atoms with E-state index in [4.69, 9.17) is 0 Å². The molecule has 0 fully saturated rings. The Morgan fingerprint density at radius 1 is 1.29 bits per heavy atom. The van der Waals surface area contributed by atoms with Crippen LogP contribution in [-0.2, 0) is 6.54 Å². The third-order valence-corrected chi connectivity index (χ3v) is 4.91. The monoisotopic (exact) mass is 421 g/mol. The third kappa shape index (κ3) is 3.45. The summed E-state index contributed by atoms with van der Waals surface area (Å²) >= 11 is 7.75. The van der Waals surface area contributed by atoms with Crippen LogP contribution >= 0.6 is 49.9 Å². The van der Waals surface area contributed by atoms with Crippen molar-refractivity contribution in [1.82, 2.24) is 0 Å². The van der Waals surface area contributed by atoms with Crippen molar-refractivity contribution < 1.29 is 0 Å². The van der Waals surface area contributed by atoms with Gasteiger partial charge in [-0.15, -0.1) is 11.3 Å². The van der Waals surface area contributed by atoms with E-state index in [0.717, 1.165) is 16.7 Å². The summed E-state index contributed by atoms with van der Waals surface area (Å²) in [5.41, 5.74) is 2.54. The first-order valence-electron chi connectivity index (χ1n) is 5.31. The molecule has 1 nitrogen and oxygen atoms in total. The summed E-state index contributed by atoms with van der Waals surface area (Å²) in [6.45, 7) is 5.22. The molecule has 0 aliphatic heterocycles. The predicted octanol–water partition coefficient (Wildman–Crippen LogP) is 5.34. The Kier molecular flexibility index (Phi) is 4.49. The Labute approximate surface area is 128 Å². The van der Waals surface area contributed by atoms with Gasteiger partial charge < -0.3 is 5.32 Å². The fourth-order valence-corrected chi connectivity index (χ4v) is 3.51. The van der Waals surface area contributed by atoms with Crippen LogP contribution in [0.25, 0.3) is 0 Å². The molecule has 0 amide bonds. The molecule has 0 radical (unpaired) electrons. The van der Waals surface area contributed by atoms with Crippen LogP contribution in [0.3, 0.4) is 0 Å². The summed E-state index contributed by atoms with van der Waals surface area (Å²) in [7, 11) is 0. The zero-order valence-electron chi connectivity index (χ0n) is 9.68. The first kappa shape index (κ1) is 13.4. The zero-order chi connectivity index (χ0) is 12.4. The lowest BCUT2D eigenvalue weighted by molar-refractivity contribution is 1.14. The molecule has 2 rings (SSSR count). The van der Waals surface area contributed by atoms with Crippen LogP contribution in [0, 0.1) is 17.4 Å². The van der Waals surface area contributed by atoms with Crippen molar-refractivity contribution in [2.75, 3.05) is 5.32 Å². The Morgan fingerprint density at radius 3 is 2.71 bits per heavy atom. The second-order valence-electron chi connectivity index (χ2n) is 3.92. The minimum absolute atomic E-state index is 0.884. The second-order valence-corrected chi connectivity index (χ2v) is 7.48.